The molecule has 4 aromatic carbocycles. The van der Waals surface area contributed by atoms with Crippen LogP contribution in [0.4, 0.5) is 17.1 Å². The molecule has 0 saturated heterocycles. The topological polar surface area (TPSA) is 166 Å². The second-order valence-corrected chi connectivity index (χ2v) is 12.2. The normalized spacial score (nSPS) is 23.7. The summed E-state index contributed by atoms with van der Waals surface area (Å²) < 4.78 is 19.1. The minimum Gasteiger partial charge on any atom is -0.503 e. The van der Waals surface area contributed by atoms with Gasteiger partial charge in [-0.15, -0.1) is 0 Å². The Morgan fingerprint density at radius 1 is 0.512 bits per heavy atom. The molecular weight excluding hydrogens is 546 g/mol. The van der Waals surface area contributed by atoms with Gasteiger partial charge in [-0.2, -0.15) is 0 Å². The molecule has 0 unspecified atom stereocenters. The largest absolute Gasteiger partial charge is 0.503 e. The van der Waals surface area contributed by atoms with Gasteiger partial charge in [0.15, 0.2) is 34.5 Å². The highest BCUT2D eigenvalue weighted by Crippen LogP contribution is 2.63. The van der Waals surface area contributed by atoms with Crippen LogP contribution in [-0.2, 0) is 0 Å². The molecular formula is C34H35N3O6. The molecule has 8 rings (SSSR count). The molecule has 43 heavy (non-hydrogen) atoms. The highest BCUT2D eigenvalue weighted by molar-refractivity contribution is 5.65. The summed E-state index contributed by atoms with van der Waals surface area (Å²) in [6.07, 6.45) is 5.85. The van der Waals surface area contributed by atoms with Gasteiger partial charge in [0.25, 0.3) is 0 Å². The zero-order chi connectivity index (χ0) is 29.8. The van der Waals surface area contributed by atoms with Gasteiger partial charge < -0.3 is 46.7 Å². The number of anilines is 3. The van der Waals surface area contributed by atoms with Crippen LogP contribution in [0.2, 0.25) is 0 Å². The number of nitrogen functional groups attached to an aromatic ring is 3. The number of benzene rings is 4. The van der Waals surface area contributed by atoms with E-state index in [1.807, 2.05) is 0 Å². The maximum Gasteiger partial charge on any atom is 0.181 e. The van der Waals surface area contributed by atoms with Gasteiger partial charge in [0.05, 0.1) is 17.1 Å². The molecule has 9 nitrogen and oxygen atoms in total. The summed E-state index contributed by atoms with van der Waals surface area (Å²) in [7, 11) is 0. The summed E-state index contributed by atoms with van der Waals surface area (Å²) in [5.41, 5.74) is 19.3. The third-order valence-corrected chi connectivity index (χ3v) is 9.40. The van der Waals surface area contributed by atoms with Crippen molar-refractivity contribution in [3.63, 3.8) is 0 Å². The summed E-state index contributed by atoms with van der Waals surface area (Å²) in [5, 5.41) is 32.2. The Balaban J connectivity index is 1.41. The van der Waals surface area contributed by atoms with Crippen molar-refractivity contribution in [2.75, 3.05) is 17.2 Å². The van der Waals surface area contributed by atoms with E-state index in [0.717, 1.165) is 43.1 Å². The molecule has 4 aliphatic carbocycles. The average molecular weight is 582 g/mol. The first-order chi connectivity index (χ1) is 20.7. The average Bonchev–Trinajstić information content (AvgIpc) is 2.97. The predicted molar refractivity (Wildman–Crippen MR) is 164 cm³/mol. The van der Waals surface area contributed by atoms with Crippen molar-refractivity contribution in [3.8, 4) is 51.7 Å². The maximum atomic E-state index is 10.8. The Hall–Kier alpha value is -4.92. The smallest absolute Gasteiger partial charge is 0.181 e. The highest BCUT2D eigenvalue weighted by atomic mass is 16.5. The number of para-hydroxylation sites is 3. The van der Waals surface area contributed by atoms with E-state index < -0.39 is 0 Å². The molecule has 0 aliphatic heterocycles. The highest BCUT2D eigenvalue weighted by Gasteiger charge is 2.50. The molecule has 4 bridgehead atoms. The molecule has 9 N–H and O–H groups in total. The minimum atomic E-state index is -0.195. The van der Waals surface area contributed by atoms with Crippen LogP contribution in [0.25, 0.3) is 0 Å². The molecule has 0 amide bonds. The summed E-state index contributed by atoms with van der Waals surface area (Å²) in [4.78, 5) is 0. The molecule has 0 radical (unpaired) electrons. The third kappa shape index (κ3) is 4.84. The molecule has 222 valence electrons. The van der Waals surface area contributed by atoms with Crippen LogP contribution in [0.15, 0.2) is 66.7 Å². The van der Waals surface area contributed by atoms with E-state index in [1.165, 1.54) is 6.42 Å². The van der Waals surface area contributed by atoms with Crippen LogP contribution in [0.3, 0.4) is 0 Å². The van der Waals surface area contributed by atoms with Crippen LogP contribution in [0, 0.1) is 23.7 Å². The van der Waals surface area contributed by atoms with Crippen molar-refractivity contribution in [3.05, 3.63) is 72.3 Å². The quantitative estimate of drug-likeness (QED) is 0.0958. The zero-order valence-corrected chi connectivity index (χ0v) is 23.6. The molecule has 0 aromatic heterocycles. The zero-order valence-electron chi connectivity index (χ0n) is 23.6. The standard InChI is InChI=1S/C34H35N3O6/c35-22-4-1-7-25(32(22)38)41-21-15-28(42-26-8-2-5-23(36)33(26)39)31(29(16-21)43-27-9-3-6-24(37)34(27)40)30-19-11-17-10-18(13-19)14-20(30)12-17/h1-9,15-20,30,38-40H,10-14,35-37H2. The Morgan fingerprint density at radius 2 is 0.907 bits per heavy atom. The Morgan fingerprint density at radius 3 is 1.33 bits per heavy atom. The van der Waals surface area contributed by atoms with Gasteiger partial charge in [0.2, 0.25) is 0 Å². The van der Waals surface area contributed by atoms with Gasteiger partial charge in [-0.05, 0) is 98.1 Å². The Bertz CT molecular complexity index is 1600. The van der Waals surface area contributed by atoms with Crippen molar-refractivity contribution in [1.82, 2.24) is 0 Å². The first-order valence-corrected chi connectivity index (χ1v) is 14.7. The number of aromatic hydroxyl groups is 3. The van der Waals surface area contributed by atoms with E-state index >= 15 is 0 Å². The van der Waals surface area contributed by atoms with Crippen LogP contribution in [0.1, 0.15) is 43.6 Å². The minimum absolute atomic E-state index is 0.124. The fourth-order valence-corrected chi connectivity index (χ4v) is 7.76. The van der Waals surface area contributed by atoms with Crippen LogP contribution >= 0.6 is 0 Å². The van der Waals surface area contributed by atoms with E-state index in [2.05, 4.69) is 0 Å². The van der Waals surface area contributed by atoms with Crippen LogP contribution < -0.4 is 31.4 Å². The Labute approximate surface area is 249 Å². The van der Waals surface area contributed by atoms with Crippen LogP contribution in [-0.4, -0.2) is 15.3 Å². The van der Waals surface area contributed by atoms with Gasteiger partial charge in [0.1, 0.15) is 17.2 Å². The molecule has 4 aromatic rings. The molecule has 0 spiro atoms. The van der Waals surface area contributed by atoms with Gasteiger partial charge in [0, 0.05) is 17.7 Å². The lowest BCUT2D eigenvalue weighted by atomic mass is 9.50. The van der Waals surface area contributed by atoms with Gasteiger partial charge in [-0.3, -0.25) is 0 Å². The fourth-order valence-electron chi connectivity index (χ4n) is 7.76. The van der Waals surface area contributed by atoms with Crippen molar-refractivity contribution in [2.24, 2.45) is 23.7 Å². The number of phenols is 3. The van der Waals surface area contributed by atoms with E-state index in [0.29, 0.717) is 29.1 Å². The number of phenolic OH excluding ortho intramolecular Hbond substituents is 3. The van der Waals surface area contributed by atoms with Crippen molar-refractivity contribution in [1.29, 1.82) is 0 Å². The summed E-state index contributed by atoms with van der Waals surface area (Å²) in [6, 6.07) is 18.2. The summed E-state index contributed by atoms with van der Waals surface area (Å²) in [6.45, 7) is 0. The molecule has 9 heteroatoms. The fraction of sp³-hybridized carbons (Fsp3) is 0.294. The monoisotopic (exact) mass is 581 g/mol. The second kappa shape index (κ2) is 10.4. The lowest BCUT2D eigenvalue weighted by Crippen LogP contribution is -2.43. The van der Waals surface area contributed by atoms with Crippen molar-refractivity contribution < 1.29 is 29.5 Å². The first kappa shape index (κ1) is 26.9. The van der Waals surface area contributed by atoms with Gasteiger partial charge in [-0.1, -0.05) is 18.2 Å². The van der Waals surface area contributed by atoms with Crippen molar-refractivity contribution in [2.45, 2.75) is 38.0 Å². The van der Waals surface area contributed by atoms with E-state index in [4.69, 9.17) is 31.4 Å². The predicted octanol–water partition coefficient (Wildman–Crippen LogP) is 7.47. The lowest BCUT2D eigenvalue weighted by molar-refractivity contribution is -0.00398. The first-order valence-electron chi connectivity index (χ1n) is 14.7. The van der Waals surface area contributed by atoms with E-state index in [-0.39, 0.29) is 57.5 Å². The van der Waals surface area contributed by atoms with Crippen LogP contribution in [0.5, 0.6) is 51.7 Å². The number of nitrogens with two attached hydrogens (primary N) is 3. The lowest BCUT2D eigenvalue weighted by Gasteiger charge is -2.54. The third-order valence-electron chi connectivity index (χ3n) is 9.40. The molecule has 4 saturated carbocycles. The number of ether oxygens (including phenoxy) is 3. The molecule has 4 aliphatic rings. The molecule has 4 fully saturated rings. The summed E-state index contributed by atoms with van der Waals surface area (Å²) >= 11 is 0. The molecule has 0 atom stereocenters. The number of hydrogen-bond acceptors (Lipinski definition) is 9. The van der Waals surface area contributed by atoms with E-state index in [9.17, 15) is 15.3 Å². The molecule has 0 heterocycles. The van der Waals surface area contributed by atoms with E-state index in [1.54, 1.807) is 66.7 Å². The number of rotatable bonds is 7. The Kier molecular flexibility index (Phi) is 6.53. The number of hydrogen-bond donors (Lipinski definition) is 6. The maximum absolute atomic E-state index is 10.8. The van der Waals surface area contributed by atoms with Gasteiger partial charge in [-0.25, -0.2) is 0 Å². The van der Waals surface area contributed by atoms with Crippen molar-refractivity contribution >= 4 is 17.1 Å². The SMILES string of the molecule is Nc1cccc(Oc2cc(Oc3cccc(N)c3O)c(C3C4CC5CC(C4)CC3C5)c(Oc3cccc(N)c3O)c2)c1O. The second-order valence-electron chi connectivity index (χ2n) is 12.2. The summed E-state index contributed by atoms with van der Waals surface area (Å²) in [5.74, 6) is 3.61. The van der Waals surface area contributed by atoms with Gasteiger partial charge >= 0.3 is 0 Å².